The van der Waals surface area contributed by atoms with Crippen molar-refractivity contribution in [2.75, 3.05) is 13.2 Å². The van der Waals surface area contributed by atoms with Crippen molar-refractivity contribution in [1.82, 2.24) is 19.1 Å². The van der Waals surface area contributed by atoms with E-state index < -0.39 is 5.97 Å². The molecule has 0 fully saturated rings. The van der Waals surface area contributed by atoms with Crippen LogP contribution < -0.4 is 10.3 Å². The van der Waals surface area contributed by atoms with E-state index in [1.165, 1.54) is 5.56 Å². The largest absolute Gasteiger partial charge is 0.403 e. The Bertz CT molecular complexity index is 1370. The van der Waals surface area contributed by atoms with Crippen LogP contribution in [0.2, 0.25) is 0 Å². The number of fused-ring (bicyclic) bond motifs is 2. The minimum absolute atomic E-state index is 0.135. The van der Waals surface area contributed by atoms with Gasteiger partial charge in [0.1, 0.15) is 11.1 Å². The number of aromatic nitrogens is 4. The molecule has 0 radical (unpaired) electrons. The first kappa shape index (κ1) is 25.5. The van der Waals surface area contributed by atoms with Crippen LogP contribution in [0.1, 0.15) is 72.6 Å². The average Bonchev–Trinajstić information content (AvgIpc) is 3.43. The molecular formula is C29H38N4O4. The van der Waals surface area contributed by atoms with Gasteiger partial charge >= 0.3 is 5.97 Å². The summed E-state index contributed by atoms with van der Waals surface area (Å²) in [6.45, 7) is 13.1. The van der Waals surface area contributed by atoms with Crippen molar-refractivity contribution < 1.29 is 14.3 Å². The van der Waals surface area contributed by atoms with Crippen LogP contribution in [0.3, 0.4) is 0 Å². The van der Waals surface area contributed by atoms with Gasteiger partial charge in [-0.05, 0) is 61.6 Å². The van der Waals surface area contributed by atoms with Gasteiger partial charge in [-0.2, -0.15) is 5.10 Å². The Morgan fingerprint density at radius 2 is 1.73 bits per heavy atom. The van der Waals surface area contributed by atoms with E-state index in [0.29, 0.717) is 55.6 Å². The van der Waals surface area contributed by atoms with Crippen LogP contribution in [-0.4, -0.2) is 38.3 Å². The van der Waals surface area contributed by atoms with Crippen molar-refractivity contribution in [3.8, 4) is 17.0 Å². The molecule has 0 unspecified atom stereocenters. The highest BCUT2D eigenvalue weighted by molar-refractivity contribution is 5.94. The summed E-state index contributed by atoms with van der Waals surface area (Å²) in [7, 11) is 0. The van der Waals surface area contributed by atoms with Gasteiger partial charge in [-0.3, -0.25) is 9.48 Å². The Morgan fingerprint density at radius 1 is 1.05 bits per heavy atom. The summed E-state index contributed by atoms with van der Waals surface area (Å²) >= 11 is 0. The summed E-state index contributed by atoms with van der Waals surface area (Å²) in [6.07, 6.45) is 4.04. The van der Waals surface area contributed by atoms with Crippen LogP contribution in [0, 0.1) is 12.8 Å². The summed E-state index contributed by atoms with van der Waals surface area (Å²) in [6, 6.07) is 4.28. The number of hydrogen-bond acceptors (Lipinski definition) is 5. The van der Waals surface area contributed by atoms with E-state index in [2.05, 4.69) is 46.8 Å². The zero-order valence-corrected chi connectivity index (χ0v) is 22.7. The first-order chi connectivity index (χ1) is 17.8. The van der Waals surface area contributed by atoms with Crippen molar-refractivity contribution in [2.24, 2.45) is 5.92 Å². The van der Waals surface area contributed by atoms with Gasteiger partial charge in [0.15, 0.2) is 0 Å². The Kier molecular flexibility index (Phi) is 7.12. The number of rotatable bonds is 7. The molecule has 0 bridgehead atoms. The molecule has 37 heavy (non-hydrogen) atoms. The van der Waals surface area contributed by atoms with Crippen LogP contribution >= 0.6 is 0 Å². The summed E-state index contributed by atoms with van der Waals surface area (Å²) in [5.41, 5.74) is 6.91. The maximum Gasteiger partial charge on any atom is 0.348 e. The monoisotopic (exact) mass is 506 g/mol. The lowest BCUT2D eigenvalue weighted by Gasteiger charge is -2.16. The molecule has 8 nitrogen and oxygen atoms in total. The minimum atomic E-state index is -0.422. The van der Waals surface area contributed by atoms with Gasteiger partial charge in [0.05, 0.1) is 37.7 Å². The van der Waals surface area contributed by atoms with E-state index in [0.717, 1.165) is 60.3 Å². The predicted octanol–water partition coefficient (Wildman–Crippen LogP) is 4.34. The highest BCUT2D eigenvalue weighted by Crippen LogP contribution is 2.36. The molecule has 2 aromatic heterocycles. The van der Waals surface area contributed by atoms with E-state index in [9.17, 15) is 9.59 Å². The SMILES string of the molecule is CCc1cc(C)cc(CC)c1-c1c(OC(=O)c2c(CC(C)C)nn3c2CCC3)n2n(c1=O)CCOCC2. The van der Waals surface area contributed by atoms with Gasteiger partial charge in [0, 0.05) is 6.54 Å². The van der Waals surface area contributed by atoms with Crippen LogP contribution in [-0.2, 0) is 50.1 Å². The van der Waals surface area contributed by atoms with Crippen LogP contribution in [0.5, 0.6) is 5.88 Å². The molecule has 198 valence electrons. The molecule has 0 spiro atoms. The van der Waals surface area contributed by atoms with Gasteiger partial charge in [0.25, 0.3) is 5.56 Å². The molecule has 2 aliphatic heterocycles. The highest BCUT2D eigenvalue weighted by atomic mass is 16.5. The molecular weight excluding hydrogens is 468 g/mol. The fourth-order valence-electron chi connectivity index (χ4n) is 5.85. The third kappa shape index (κ3) is 4.56. The first-order valence-corrected chi connectivity index (χ1v) is 13.7. The van der Waals surface area contributed by atoms with Crippen molar-refractivity contribution in [2.45, 2.75) is 86.4 Å². The van der Waals surface area contributed by atoms with Gasteiger partial charge in [0.2, 0.25) is 5.88 Å². The molecule has 0 atom stereocenters. The smallest absolute Gasteiger partial charge is 0.348 e. The molecule has 0 saturated heterocycles. The van der Waals surface area contributed by atoms with Crippen molar-refractivity contribution in [1.29, 1.82) is 0 Å². The predicted molar refractivity (Wildman–Crippen MR) is 142 cm³/mol. The minimum Gasteiger partial charge on any atom is -0.403 e. The Balaban J connectivity index is 1.69. The average molecular weight is 507 g/mol. The van der Waals surface area contributed by atoms with Crippen LogP contribution in [0.15, 0.2) is 16.9 Å². The molecule has 5 rings (SSSR count). The number of carbonyl (C=O) groups excluding carboxylic acids is 1. The number of hydrogen-bond donors (Lipinski definition) is 0. The molecule has 4 heterocycles. The van der Waals surface area contributed by atoms with Gasteiger partial charge in [-0.25, -0.2) is 14.2 Å². The Morgan fingerprint density at radius 3 is 2.38 bits per heavy atom. The number of nitrogens with zero attached hydrogens (tertiary/aromatic N) is 4. The number of benzene rings is 1. The molecule has 1 aromatic carbocycles. The molecule has 0 N–H and O–H groups in total. The third-order valence-electron chi connectivity index (χ3n) is 7.45. The number of esters is 1. The lowest BCUT2D eigenvalue weighted by atomic mass is 9.91. The van der Waals surface area contributed by atoms with E-state index in [1.807, 2.05) is 9.36 Å². The normalized spacial score (nSPS) is 15.1. The van der Waals surface area contributed by atoms with E-state index in [-0.39, 0.29) is 5.56 Å². The van der Waals surface area contributed by atoms with E-state index in [4.69, 9.17) is 14.6 Å². The summed E-state index contributed by atoms with van der Waals surface area (Å²) in [5.74, 6) is 0.256. The number of ether oxygens (including phenoxy) is 2. The fraction of sp³-hybridized carbons (Fsp3) is 0.552. The van der Waals surface area contributed by atoms with Gasteiger partial charge in [-0.15, -0.1) is 0 Å². The van der Waals surface area contributed by atoms with Gasteiger partial charge in [-0.1, -0.05) is 45.4 Å². The topological polar surface area (TPSA) is 80.3 Å². The number of aryl methyl sites for hydroxylation is 4. The zero-order valence-electron chi connectivity index (χ0n) is 22.7. The standard InChI is InChI=1S/C29H38N4O4/c1-6-20-16-19(5)17-21(7-2)24(20)26-27(34)32-11-13-36-14-12-33(32)28(26)37-29(35)25-22(15-18(3)4)30-31-10-8-9-23(25)31/h16-18H,6-15H2,1-5H3. The fourth-order valence-corrected chi connectivity index (χ4v) is 5.85. The maximum absolute atomic E-state index is 14.0. The zero-order chi connectivity index (χ0) is 26.3. The van der Waals surface area contributed by atoms with Crippen LogP contribution in [0.4, 0.5) is 0 Å². The maximum atomic E-state index is 14.0. The summed E-state index contributed by atoms with van der Waals surface area (Å²) in [5, 5.41) is 4.77. The molecule has 3 aromatic rings. The number of carbonyl (C=O) groups is 1. The third-order valence-corrected chi connectivity index (χ3v) is 7.45. The van der Waals surface area contributed by atoms with Crippen LogP contribution in [0.25, 0.3) is 11.1 Å². The first-order valence-electron chi connectivity index (χ1n) is 13.7. The van der Waals surface area contributed by atoms with E-state index in [1.54, 1.807) is 4.68 Å². The Hall–Kier alpha value is -3.13. The highest BCUT2D eigenvalue weighted by Gasteiger charge is 2.33. The molecule has 2 aliphatic rings. The van der Waals surface area contributed by atoms with E-state index >= 15 is 0 Å². The molecule has 8 heteroatoms. The van der Waals surface area contributed by atoms with Gasteiger partial charge < -0.3 is 9.47 Å². The molecule has 0 amide bonds. The quantitative estimate of drug-likeness (QED) is 0.446. The van der Waals surface area contributed by atoms with Crippen molar-refractivity contribution in [3.63, 3.8) is 0 Å². The molecule has 0 aliphatic carbocycles. The summed E-state index contributed by atoms with van der Waals surface area (Å²) in [4.78, 5) is 27.9. The lowest BCUT2D eigenvalue weighted by Crippen LogP contribution is -2.24. The van der Waals surface area contributed by atoms with Crippen molar-refractivity contribution >= 4 is 5.97 Å². The second-order valence-electron chi connectivity index (χ2n) is 10.6. The molecule has 0 saturated carbocycles. The Labute approximate surface area is 218 Å². The lowest BCUT2D eigenvalue weighted by molar-refractivity contribution is 0.0712. The van der Waals surface area contributed by atoms with Crippen molar-refractivity contribution in [3.05, 3.63) is 56.1 Å². The second-order valence-corrected chi connectivity index (χ2v) is 10.6. The summed E-state index contributed by atoms with van der Waals surface area (Å²) < 4.78 is 17.4. The second kappa shape index (κ2) is 10.3.